The van der Waals surface area contributed by atoms with Crippen molar-refractivity contribution in [2.75, 3.05) is 52.3 Å². The zero-order chi connectivity index (χ0) is 24.1. The van der Waals surface area contributed by atoms with Crippen molar-refractivity contribution in [3.8, 4) is 28.6 Å². The van der Waals surface area contributed by atoms with Gasteiger partial charge in [0, 0.05) is 24.8 Å². The Balaban J connectivity index is 1.50. The summed E-state index contributed by atoms with van der Waals surface area (Å²) in [5.41, 5.74) is 1.69. The number of phenols is 1. The van der Waals surface area contributed by atoms with Gasteiger partial charge in [-0.2, -0.15) is 0 Å². The minimum absolute atomic E-state index is 0.0912. The summed E-state index contributed by atoms with van der Waals surface area (Å²) in [6.45, 7) is 4.67. The van der Waals surface area contributed by atoms with Gasteiger partial charge in [0.25, 0.3) is 0 Å². The van der Waals surface area contributed by atoms with Crippen molar-refractivity contribution in [1.29, 1.82) is 0 Å². The van der Waals surface area contributed by atoms with Crippen molar-refractivity contribution in [2.24, 2.45) is 0 Å². The predicted molar refractivity (Wildman–Crippen MR) is 135 cm³/mol. The molecule has 0 aliphatic carbocycles. The molecule has 7 nitrogen and oxygen atoms in total. The van der Waals surface area contributed by atoms with Gasteiger partial charge in [0.1, 0.15) is 0 Å². The van der Waals surface area contributed by atoms with Crippen LogP contribution in [-0.2, 0) is 0 Å². The van der Waals surface area contributed by atoms with Gasteiger partial charge in [0.05, 0.1) is 19.6 Å². The first-order chi connectivity index (χ1) is 16.5. The van der Waals surface area contributed by atoms with E-state index < -0.39 is 0 Å². The number of methoxy groups -OCH3 is 2. The molecule has 34 heavy (non-hydrogen) atoms. The third-order valence-electron chi connectivity index (χ3n) is 6.60. The highest BCUT2D eigenvalue weighted by Gasteiger charge is 2.21. The van der Waals surface area contributed by atoms with E-state index in [-0.39, 0.29) is 33.6 Å². The Bertz CT molecular complexity index is 1170. The fourth-order valence-corrected chi connectivity index (χ4v) is 4.64. The molecule has 0 amide bonds. The van der Waals surface area contributed by atoms with Crippen LogP contribution in [-0.4, -0.2) is 57.5 Å². The summed E-state index contributed by atoms with van der Waals surface area (Å²) in [5.74, 6) is 0.463. The molecule has 1 aromatic heterocycles. The number of piperidine rings is 1. The summed E-state index contributed by atoms with van der Waals surface area (Å²) in [7, 11) is 4.97. The average Bonchev–Trinajstić information content (AvgIpc) is 2.87. The van der Waals surface area contributed by atoms with E-state index in [9.17, 15) is 9.90 Å². The van der Waals surface area contributed by atoms with Crippen LogP contribution in [0.15, 0.2) is 45.6 Å². The summed E-state index contributed by atoms with van der Waals surface area (Å²) in [6.07, 6.45) is 6.40. The maximum absolute atomic E-state index is 13.0. The van der Waals surface area contributed by atoms with Crippen molar-refractivity contribution in [3.05, 3.63) is 46.6 Å². The number of unbranched alkanes of at least 4 members (excludes halogenated alkanes) is 1. The van der Waals surface area contributed by atoms with Gasteiger partial charge in [-0.15, -0.1) is 0 Å². The Kier molecular flexibility index (Phi) is 7.63. The van der Waals surface area contributed by atoms with Crippen molar-refractivity contribution in [1.82, 2.24) is 4.90 Å². The number of rotatable bonds is 9. The van der Waals surface area contributed by atoms with Crippen molar-refractivity contribution >= 4 is 16.7 Å². The van der Waals surface area contributed by atoms with Crippen LogP contribution < -0.4 is 19.8 Å². The number of likely N-dealkylation sites (tertiary alicyclic amines) is 1. The molecule has 0 atom stereocenters. The first kappa shape index (κ1) is 24.0. The first-order valence-electron chi connectivity index (χ1n) is 12.0. The van der Waals surface area contributed by atoms with Crippen LogP contribution in [0.25, 0.3) is 22.3 Å². The SMILES string of the molecule is COc1c(-c2ccc(N(C)CCCCN3CCCCC3)cc2)oc2c(OC)c(O)ccc2c1=O. The Morgan fingerprint density at radius 1 is 0.971 bits per heavy atom. The molecule has 0 saturated carbocycles. The molecule has 0 spiro atoms. The molecule has 182 valence electrons. The fourth-order valence-electron chi connectivity index (χ4n) is 4.64. The number of ether oxygens (including phenoxy) is 2. The van der Waals surface area contributed by atoms with Gasteiger partial charge in [-0.05, 0) is 81.7 Å². The van der Waals surface area contributed by atoms with Crippen molar-refractivity contribution in [3.63, 3.8) is 0 Å². The third kappa shape index (κ3) is 4.99. The van der Waals surface area contributed by atoms with Gasteiger partial charge < -0.3 is 28.8 Å². The molecular formula is C27H34N2O5. The molecule has 0 radical (unpaired) electrons. The molecule has 1 N–H and O–H groups in total. The highest BCUT2D eigenvalue weighted by Crippen LogP contribution is 2.38. The maximum atomic E-state index is 13.0. The second-order valence-electron chi connectivity index (χ2n) is 8.87. The molecule has 3 aromatic rings. The zero-order valence-corrected chi connectivity index (χ0v) is 20.3. The van der Waals surface area contributed by atoms with Gasteiger partial charge >= 0.3 is 0 Å². The fraction of sp³-hybridized carbons (Fsp3) is 0.444. The normalized spacial score (nSPS) is 14.3. The van der Waals surface area contributed by atoms with E-state index in [0.717, 1.165) is 18.7 Å². The number of fused-ring (bicyclic) bond motifs is 1. The minimum atomic E-state index is -0.313. The lowest BCUT2D eigenvalue weighted by atomic mass is 10.1. The molecule has 1 fully saturated rings. The van der Waals surface area contributed by atoms with Crippen LogP contribution in [0.3, 0.4) is 0 Å². The number of phenolic OH excluding ortho intramolecular Hbond substituents is 1. The van der Waals surface area contributed by atoms with Gasteiger partial charge in [-0.3, -0.25) is 4.79 Å². The highest BCUT2D eigenvalue weighted by molar-refractivity contribution is 5.88. The van der Waals surface area contributed by atoms with E-state index in [4.69, 9.17) is 13.9 Å². The Labute approximate surface area is 200 Å². The lowest BCUT2D eigenvalue weighted by molar-refractivity contribution is 0.225. The molecule has 0 bridgehead atoms. The van der Waals surface area contributed by atoms with E-state index in [1.54, 1.807) is 0 Å². The molecule has 1 aliphatic rings. The van der Waals surface area contributed by atoms with Gasteiger partial charge in [0.15, 0.2) is 17.1 Å². The summed E-state index contributed by atoms with van der Waals surface area (Å²) in [4.78, 5) is 17.9. The quantitative estimate of drug-likeness (QED) is 0.450. The van der Waals surface area contributed by atoms with Crippen LogP contribution >= 0.6 is 0 Å². The maximum Gasteiger partial charge on any atom is 0.235 e. The lowest BCUT2D eigenvalue weighted by Crippen LogP contribution is -2.31. The van der Waals surface area contributed by atoms with E-state index in [1.165, 1.54) is 71.7 Å². The van der Waals surface area contributed by atoms with Crippen LogP contribution in [0, 0.1) is 0 Å². The predicted octanol–water partition coefficient (Wildman–Crippen LogP) is 4.89. The van der Waals surface area contributed by atoms with Gasteiger partial charge in [0.2, 0.25) is 16.9 Å². The standard InChI is InChI=1S/C27H34N2O5/c1-28(15-7-8-18-29-16-5-4-6-17-29)20-11-9-19(10-12-20)24-27(33-3)23(31)21-13-14-22(30)26(32-2)25(21)34-24/h9-14,30H,4-8,15-18H2,1-3H3. The Hall–Kier alpha value is -3.19. The number of hydrogen-bond donors (Lipinski definition) is 1. The molecule has 2 aromatic carbocycles. The van der Waals surface area contributed by atoms with E-state index in [2.05, 4.69) is 16.8 Å². The zero-order valence-electron chi connectivity index (χ0n) is 20.3. The highest BCUT2D eigenvalue weighted by atomic mass is 16.5. The molecule has 0 unspecified atom stereocenters. The molecule has 1 aliphatic heterocycles. The summed E-state index contributed by atoms with van der Waals surface area (Å²) < 4.78 is 16.8. The third-order valence-corrected chi connectivity index (χ3v) is 6.60. The summed E-state index contributed by atoms with van der Waals surface area (Å²) in [6, 6.07) is 10.8. The van der Waals surface area contributed by atoms with Crippen LogP contribution in [0.1, 0.15) is 32.1 Å². The molecule has 1 saturated heterocycles. The average molecular weight is 467 g/mol. The first-order valence-corrected chi connectivity index (χ1v) is 12.0. The number of benzene rings is 2. The monoisotopic (exact) mass is 466 g/mol. The second kappa shape index (κ2) is 10.8. The van der Waals surface area contributed by atoms with Crippen LogP contribution in [0.2, 0.25) is 0 Å². The summed E-state index contributed by atoms with van der Waals surface area (Å²) >= 11 is 0. The molecule has 4 rings (SSSR count). The van der Waals surface area contributed by atoms with Gasteiger partial charge in [-0.1, -0.05) is 6.42 Å². The molecule has 2 heterocycles. The van der Waals surface area contributed by atoms with Gasteiger partial charge in [-0.25, -0.2) is 0 Å². The molecular weight excluding hydrogens is 432 g/mol. The van der Waals surface area contributed by atoms with Crippen molar-refractivity contribution < 1.29 is 19.0 Å². The Morgan fingerprint density at radius 3 is 2.35 bits per heavy atom. The van der Waals surface area contributed by atoms with E-state index in [0.29, 0.717) is 11.3 Å². The lowest BCUT2D eigenvalue weighted by Gasteiger charge is -2.27. The van der Waals surface area contributed by atoms with E-state index >= 15 is 0 Å². The second-order valence-corrected chi connectivity index (χ2v) is 8.87. The molecule has 7 heteroatoms. The number of hydrogen-bond acceptors (Lipinski definition) is 7. The largest absolute Gasteiger partial charge is 0.504 e. The smallest absolute Gasteiger partial charge is 0.235 e. The van der Waals surface area contributed by atoms with Crippen molar-refractivity contribution in [2.45, 2.75) is 32.1 Å². The minimum Gasteiger partial charge on any atom is -0.504 e. The number of aromatic hydroxyl groups is 1. The Morgan fingerprint density at radius 2 is 1.68 bits per heavy atom. The number of anilines is 1. The van der Waals surface area contributed by atoms with Crippen LogP contribution in [0.5, 0.6) is 17.2 Å². The van der Waals surface area contributed by atoms with E-state index in [1.807, 2.05) is 24.3 Å². The van der Waals surface area contributed by atoms with Crippen LogP contribution in [0.4, 0.5) is 5.69 Å². The topological polar surface area (TPSA) is 75.4 Å². The number of nitrogens with zero attached hydrogens (tertiary/aromatic N) is 2. The summed E-state index contributed by atoms with van der Waals surface area (Å²) in [5, 5.41) is 10.4.